The fraction of sp³-hybridized carbons (Fsp3) is 0.414. The number of nitrogens with zero attached hydrogens (tertiary/aromatic N) is 4. The van der Waals surface area contributed by atoms with Gasteiger partial charge in [0.25, 0.3) is 5.91 Å². The van der Waals surface area contributed by atoms with Crippen LogP contribution in [0.15, 0.2) is 42.6 Å². The number of anilines is 4. The minimum absolute atomic E-state index is 0.175. The molecule has 1 saturated heterocycles. The fourth-order valence-corrected chi connectivity index (χ4v) is 5.31. The number of nitrogens with one attached hydrogen (secondary N) is 3. The van der Waals surface area contributed by atoms with Gasteiger partial charge in [0.15, 0.2) is 0 Å². The lowest BCUT2D eigenvalue weighted by Crippen LogP contribution is -2.51. The zero-order valence-corrected chi connectivity index (χ0v) is 26.2. The quantitative estimate of drug-likeness (QED) is 0.274. The summed E-state index contributed by atoms with van der Waals surface area (Å²) in [6.07, 6.45) is -3.90. The van der Waals surface area contributed by atoms with Gasteiger partial charge in [-0.05, 0) is 55.8 Å². The van der Waals surface area contributed by atoms with E-state index in [9.17, 15) is 30.8 Å². The van der Waals surface area contributed by atoms with Gasteiger partial charge in [-0.2, -0.15) is 18.2 Å². The van der Waals surface area contributed by atoms with Crippen LogP contribution >= 0.6 is 0 Å². The molecule has 4 rings (SSSR count). The SMILES string of the molecule is COc1cc(C(=O)N[C@@H]2CCN(C)C[C@H]2F)ccc1Nc1ncc(C(F)(F)F)c(NCc2ccc(C)cc2N(C)S(C)(=O)=O)n1. The van der Waals surface area contributed by atoms with Crippen molar-refractivity contribution >= 4 is 39.1 Å². The van der Waals surface area contributed by atoms with Crippen LogP contribution in [0.2, 0.25) is 0 Å². The Balaban J connectivity index is 1.57. The van der Waals surface area contributed by atoms with Crippen molar-refractivity contribution in [1.29, 1.82) is 0 Å². The van der Waals surface area contributed by atoms with E-state index in [0.717, 1.165) is 16.1 Å². The van der Waals surface area contributed by atoms with Gasteiger partial charge in [-0.1, -0.05) is 12.1 Å². The molecule has 0 radical (unpaired) electrons. The lowest BCUT2D eigenvalue weighted by atomic mass is 10.0. The molecule has 244 valence electrons. The van der Waals surface area contributed by atoms with Crippen LogP contribution in [0.4, 0.5) is 40.7 Å². The van der Waals surface area contributed by atoms with E-state index in [1.807, 2.05) is 4.90 Å². The van der Waals surface area contributed by atoms with Crippen molar-refractivity contribution in [1.82, 2.24) is 20.2 Å². The maximum absolute atomic E-state index is 14.4. The van der Waals surface area contributed by atoms with Gasteiger partial charge in [-0.3, -0.25) is 9.10 Å². The third-order valence-corrected chi connectivity index (χ3v) is 8.58. The number of carbonyl (C=O) groups excluding carboxylic acids is 1. The third-order valence-electron chi connectivity index (χ3n) is 7.39. The maximum atomic E-state index is 14.4. The Hall–Kier alpha value is -4.18. The van der Waals surface area contributed by atoms with Crippen LogP contribution in [0.5, 0.6) is 5.75 Å². The molecule has 1 aromatic heterocycles. The summed E-state index contributed by atoms with van der Waals surface area (Å²) >= 11 is 0. The highest BCUT2D eigenvalue weighted by Crippen LogP contribution is 2.36. The second-order valence-electron chi connectivity index (χ2n) is 10.9. The van der Waals surface area contributed by atoms with Crippen LogP contribution in [0.1, 0.15) is 33.5 Å². The number of ether oxygens (including phenoxy) is 1. The molecule has 1 fully saturated rings. The van der Waals surface area contributed by atoms with Crippen molar-refractivity contribution in [3.8, 4) is 5.75 Å². The van der Waals surface area contributed by atoms with Gasteiger partial charge >= 0.3 is 6.18 Å². The van der Waals surface area contributed by atoms with Crippen molar-refractivity contribution in [2.24, 2.45) is 0 Å². The molecule has 0 bridgehead atoms. The van der Waals surface area contributed by atoms with Crippen molar-refractivity contribution < 1.29 is 35.5 Å². The summed E-state index contributed by atoms with van der Waals surface area (Å²) in [5.41, 5.74) is 0.824. The summed E-state index contributed by atoms with van der Waals surface area (Å²) in [6, 6.07) is 8.68. The molecule has 11 nitrogen and oxygen atoms in total. The van der Waals surface area contributed by atoms with Gasteiger partial charge in [0, 0.05) is 38.4 Å². The average molecular weight is 654 g/mol. The molecule has 2 aromatic carbocycles. The van der Waals surface area contributed by atoms with Crippen LogP contribution in [-0.2, 0) is 22.7 Å². The van der Waals surface area contributed by atoms with E-state index in [-0.39, 0.29) is 36.0 Å². The molecule has 0 aliphatic carbocycles. The summed E-state index contributed by atoms with van der Waals surface area (Å²) in [5.74, 6) is -1.06. The predicted octanol–water partition coefficient (Wildman–Crippen LogP) is 4.34. The molecule has 2 atom stereocenters. The largest absolute Gasteiger partial charge is 0.495 e. The Morgan fingerprint density at radius 3 is 2.58 bits per heavy atom. The second kappa shape index (κ2) is 13.4. The van der Waals surface area contributed by atoms with Crippen LogP contribution in [0.25, 0.3) is 0 Å². The number of methoxy groups -OCH3 is 1. The van der Waals surface area contributed by atoms with Crippen LogP contribution in [-0.4, -0.2) is 82.0 Å². The molecule has 2 heterocycles. The zero-order valence-electron chi connectivity index (χ0n) is 25.4. The highest BCUT2D eigenvalue weighted by Gasteiger charge is 2.35. The van der Waals surface area contributed by atoms with Crippen molar-refractivity contribution in [2.45, 2.75) is 38.3 Å². The monoisotopic (exact) mass is 653 g/mol. The molecule has 3 aromatic rings. The average Bonchev–Trinajstić information content (AvgIpc) is 2.96. The van der Waals surface area contributed by atoms with Crippen LogP contribution < -0.4 is 25.0 Å². The van der Waals surface area contributed by atoms with E-state index in [1.165, 1.54) is 32.4 Å². The molecular weight excluding hydrogens is 618 g/mol. The number of sulfonamides is 1. The Morgan fingerprint density at radius 2 is 1.93 bits per heavy atom. The number of alkyl halides is 4. The Morgan fingerprint density at radius 1 is 1.20 bits per heavy atom. The van der Waals surface area contributed by atoms with E-state index >= 15 is 0 Å². The molecule has 1 aliphatic heterocycles. The van der Waals surface area contributed by atoms with E-state index in [2.05, 4.69) is 25.9 Å². The van der Waals surface area contributed by atoms with Crippen molar-refractivity contribution in [3.05, 3.63) is 64.8 Å². The lowest BCUT2D eigenvalue weighted by Gasteiger charge is -2.32. The van der Waals surface area contributed by atoms with Gasteiger partial charge in [0.05, 0.1) is 30.8 Å². The zero-order chi connectivity index (χ0) is 33.1. The first-order valence-electron chi connectivity index (χ1n) is 13.9. The first-order chi connectivity index (χ1) is 21.1. The van der Waals surface area contributed by atoms with Crippen LogP contribution in [0.3, 0.4) is 0 Å². The number of hydrogen-bond donors (Lipinski definition) is 3. The number of carbonyl (C=O) groups is 1. The summed E-state index contributed by atoms with van der Waals surface area (Å²) < 4.78 is 86.9. The first kappa shape index (κ1) is 33.7. The molecule has 16 heteroatoms. The van der Waals surface area contributed by atoms with Gasteiger partial charge in [0.2, 0.25) is 16.0 Å². The number of aryl methyl sites for hydroxylation is 1. The number of halogens is 4. The van der Waals surface area contributed by atoms with Gasteiger partial charge in [-0.25, -0.2) is 17.8 Å². The van der Waals surface area contributed by atoms with Crippen molar-refractivity contribution in [3.63, 3.8) is 0 Å². The lowest BCUT2D eigenvalue weighted by molar-refractivity contribution is -0.137. The van der Waals surface area contributed by atoms with Gasteiger partial charge < -0.3 is 25.6 Å². The van der Waals surface area contributed by atoms with Gasteiger partial charge in [0.1, 0.15) is 23.3 Å². The van der Waals surface area contributed by atoms with Gasteiger partial charge in [-0.15, -0.1) is 0 Å². The minimum atomic E-state index is -4.79. The van der Waals surface area contributed by atoms with E-state index in [1.54, 1.807) is 32.2 Å². The van der Waals surface area contributed by atoms with Crippen molar-refractivity contribution in [2.75, 3.05) is 55.5 Å². The van der Waals surface area contributed by atoms with E-state index in [0.29, 0.717) is 30.4 Å². The second-order valence-corrected chi connectivity index (χ2v) is 12.9. The van der Waals surface area contributed by atoms with Crippen LogP contribution in [0, 0.1) is 6.92 Å². The normalized spacial score (nSPS) is 17.4. The smallest absolute Gasteiger partial charge is 0.421 e. The number of piperidine rings is 1. The molecule has 3 N–H and O–H groups in total. The number of rotatable bonds is 10. The highest BCUT2D eigenvalue weighted by molar-refractivity contribution is 7.92. The molecule has 1 amide bonds. The number of aromatic nitrogens is 2. The summed E-state index contributed by atoms with van der Waals surface area (Å²) in [6.45, 7) is 2.44. The number of likely N-dealkylation sites (tertiary alicyclic amines) is 1. The topological polar surface area (TPSA) is 129 Å². The Labute approximate surface area is 259 Å². The number of hydrogen-bond acceptors (Lipinski definition) is 9. The molecule has 45 heavy (non-hydrogen) atoms. The molecule has 0 saturated carbocycles. The Bertz CT molecular complexity index is 1660. The minimum Gasteiger partial charge on any atom is -0.495 e. The summed E-state index contributed by atoms with van der Waals surface area (Å²) in [4.78, 5) is 22.6. The standard InChI is InChI=1S/C29H35F4N7O4S/c1-17-6-7-19(24(12-17)40(3)45(5,42)43)14-34-26-20(29(31,32)33)15-35-28(38-26)37-23-9-8-18(13-25(23)44-4)27(41)36-22-10-11-39(2)16-21(22)30/h6-9,12-13,15,21-22H,10-11,14,16H2,1-5H3,(H,36,41)(H2,34,35,37,38)/t21-,22-/m1/s1. The highest BCUT2D eigenvalue weighted by atomic mass is 32.2. The molecule has 0 spiro atoms. The number of benzene rings is 2. The fourth-order valence-electron chi connectivity index (χ4n) is 4.79. The third kappa shape index (κ3) is 8.30. The molecular formula is C29H35F4N7O4S. The van der Waals surface area contributed by atoms with E-state index < -0.39 is 45.7 Å². The molecule has 0 unspecified atom stereocenters. The summed E-state index contributed by atoms with van der Waals surface area (Å²) in [5, 5.41) is 8.20. The Kier molecular flexibility index (Phi) is 10.1. The molecule has 1 aliphatic rings. The maximum Gasteiger partial charge on any atom is 0.421 e. The number of amides is 1. The van der Waals surface area contributed by atoms with E-state index in [4.69, 9.17) is 4.74 Å². The predicted molar refractivity (Wildman–Crippen MR) is 163 cm³/mol. The summed E-state index contributed by atoms with van der Waals surface area (Å²) in [7, 11) is 0.872. The first-order valence-corrected chi connectivity index (χ1v) is 15.7.